The Hall–Kier alpha value is -2.82. The summed E-state index contributed by atoms with van der Waals surface area (Å²) in [7, 11) is 1.76. The number of nitrogens with one attached hydrogen (secondary N) is 1. The molecule has 0 radical (unpaired) electrons. The molecule has 1 aromatic heterocycles. The van der Waals surface area contributed by atoms with Gasteiger partial charge in [0.15, 0.2) is 6.61 Å². The van der Waals surface area contributed by atoms with Gasteiger partial charge in [-0.1, -0.05) is 38.1 Å². The van der Waals surface area contributed by atoms with Crippen LogP contribution in [-0.4, -0.2) is 34.4 Å². The average molecular weight is 351 g/mol. The molecule has 0 aliphatic carbocycles. The summed E-state index contributed by atoms with van der Waals surface area (Å²) in [5.41, 5.74) is 4.11. The highest BCUT2D eigenvalue weighted by Crippen LogP contribution is 2.24. The van der Waals surface area contributed by atoms with Gasteiger partial charge in [0.1, 0.15) is 11.6 Å². The number of benzene rings is 2. The SMILES string of the molecule is Cc1ccc(C(C)C)cc1OCC(=O)N(C)Cc1nc2ccccc2[nH]1. The van der Waals surface area contributed by atoms with Crippen molar-refractivity contribution in [3.63, 3.8) is 0 Å². The van der Waals surface area contributed by atoms with E-state index in [9.17, 15) is 4.79 Å². The minimum absolute atomic E-state index is 0.0130. The number of nitrogens with zero attached hydrogens (tertiary/aromatic N) is 2. The zero-order chi connectivity index (χ0) is 18.7. The largest absolute Gasteiger partial charge is 0.483 e. The molecular weight excluding hydrogens is 326 g/mol. The van der Waals surface area contributed by atoms with Crippen molar-refractivity contribution in [1.29, 1.82) is 0 Å². The molecule has 0 unspecified atom stereocenters. The number of carbonyl (C=O) groups excluding carboxylic acids is 1. The number of para-hydroxylation sites is 2. The zero-order valence-electron chi connectivity index (χ0n) is 15.7. The number of carbonyl (C=O) groups is 1. The Morgan fingerprint density at radius 2 is 2.00 bits per heavy atom. The summed E-state index contributed by atoms with van der Waals surface area (Å²) in [6, 6.07) is 14.0. The molecule has 3 rings (SSSR count). The Kier molecular flexibility index (Phi) is 5.26. The van der Waals surface area contributed by atoms with Crippen LogP contribution in [0.15, 0.2) is 42.5 Å². The summed E-state index contributed by atoms with van der Waals surface area (Å²) in [4.78, 5) is 21.8. The van der Waals surface area contributed by atoms with Gasteiger partial charge in [0.2, 0.25) is 0 Å². The van der Waals surface area contributed by atoms with Gasteiger partial charge < -0.3 is 14.6 Å². The Morgan fingerprint density at radius 1 is 1.23 bits per heavy atom. The van der Waals surface area contributed by atoms with Gasteiger partial charge in [0.05, 0.1) is 17.6 Å². The number of fused-ring (bicyclic) bond motifs is 1. The summed E-state index contributed by atoms with van der Waals surface area (Å²) in [6.45, 7) is 6.70. The third-order valence-corrected chi connectivity index (χ3v) is 4.48. The van der Waals surface area contributed by atoms with E-state index in [0.717, 1.165) is 28.2 Å². The summed E-state index contributed by atoms with van der Waals surface area (Å²) >= 11 is 0. The second-order valence-electron chi connectivity index (χ2n) is 6.92. The normalized spacial score (nSPS) is 11.1. The number of likely N-dealkylation sites (N-methyl/N-ethyl adjacent to an activating group) is 1. The standard InChI is InChI=1S/C21H25N3O2/c1-14(2)16-10-9-15(3)19(11-16)26-13-21(25)24(4)12-20-22-17-7-5-6-8-18(17)23-20/h5-11,14H,12-13H2,1-4H3,(H,22,23). The lowest BCUT2D eigenvalue weighted by molar-refractivity contribution is -0.132. The van der Waals surface area contributed by atoms with Gasteiger partial charge in [-0.05, 0) is 42.2 Å². The fourth-order valence-corrected chi connectivity index (χ4v) is 2.77. The minimum Gasteiger partial charge on any atom is -0.483 e. The van der Waals surface area contributed by atoms with Crippen molar-refractivity contribution in [3.05, 3.63) is 59.4 Å². The van der Waals surface area contributed by atoms with Gasteiger partial charge in [-0.2, -0.15) is 0 Å². The molecule has 1 heterocycles. The van der Waals surface area contributed by atoms with Crippen LogP contribution in [0.25, 0.3) is 11.0 Å². The molecule has 3 aromatic rings. The number of aromatic amines is 1. The number of ether oxygens (including phenoxy) is 1. The summed E-state index contributed by atoms with van der Waals surface area (Å²) in [5.74, 6) is 1.87. The van der Waals surface area contributed by atoms with Crippen LogP contribution < -0.4 is 4.74 Å². The quantitative estimate of drug-likeness (QED) is 0.729. The first-order chi connectivity index (χ1) is 12.4. The van der Waals surface area contributed by atoms with Crippen LogP contribution in [-0.2, 0) is 11.3 Å². The van der Waals surface area contributed by atoms with E-state index in [2.05, 4.69) is 29.9 Å². The molecular formula is C21H25N3O2. The number of aromatic nitrogens is 2. The predicted octanol–water partition coefficient (Wildman–Crippen LogP) is 4.03. The molecule has 136 valence electrons. The minimum atomic E-state index is -0.0835. The van der Waals surface area contributed by atoms with Crippen molar-refractivity contribution in [2.24, 2.45) is 0 Å². The van der Waals surface area contributed by atoms with Crippen LogP contribution >= 0.6 is 0 Å². The molecule has 0 fully saturated rings. The van der Waals surface area contributed by atoms with Gasteiger partial charge in [0, 0.05) is 7.05 Å². The monoisotopic (exact) mass is 351 g/mol. The third-order valence-electron chi connectivity index (χ3n) is 4.48. The van der Waals surface area contributed by atoms with E-state index in [1.165, 1.54) is 5.56 Å². The van der Waals surface area contributed by atoms with Crippen LogP contribution in [0.4, 0.5) is 0 Å². The third kappa shape index (κ3) is 4.04. The van der Waals surface area contributed by atoms with Crippen molar-refractivity contribution in [2.75, 3.05) is 13.7 Å². The maximum atomic E-state index is 12.4. The highest BCUT2D eigenvalue weighted by molar-refractivity contribution is 5.78. The molecule has 0 aliphatic rings. The fourth-order valence-electron chi connectivity index (χ4n) is 2.77. The second-order valence-corrected chi connectivity index (χ2v) is 6.92. The number of H-pyrrole nitrogens is 1. The van der Waals surface area contributed by atoms with Crippen molar-refractivity contribution in [2.45, 2.75) is 33.2 Å². The summed E-state index contributed by atoms with van der Waals surface area (Å²) < 4.78 is 5.79. The molecule has 0 aliphatic heterocycles. The molecule has 5 nitrogen and oxygen atoms in total. The molecule has 0 spiro atoms. The van der Waals surface area contributed by atoms with E-state index in [4.69, 9.17) is 4.74 Å². The average Bonchev–Trinajstić information content (AvgIpc) is 3.02. The topological polar surface area (TPSA) is 58.2 Å². The maximum absolute atomic E-state index is 12.4. The number of hydrogen-bond acceptors (Lipinski definition) is 3. The smallest absolute Gasteiger partial charge is 0.260 e. The van der Waals surface area contributed by atoms with Gasteiger partial charge in [0.25, 0.3) is 5.91 Å². The van der Waals surface area contributed by atoms with Crippen molar-refractivity contribution in [3.8, 4) is 5.75 Å². The first-order valence-corrected chi connectivity index (χ1v) is 8.85. The zero-order valence-corrected chi connectivity index (χ0v) is 15.7. The number of aryl methyl sites for hydroxylation is 1. The highest BCUT2D eigenvalue weighted by Gasteiger charge is 2.14. The number of imidazole rings is 1. The van der Waals surface area contributed by atoms with E-state index in [1.54, 1.807) is 11.9 Å². The fraction of sp³-hybridized carbons (Fsp3) is 0.333. The van der Waals surface area contributed by atoms with Crippen molar-refractivity contribution < 1.29 is 9.53 Å². The first-order valence-electron chi connectivity index (χ1n) is 8.85. The molecule has 0 saturated carbocycles. The Labute approximate surface area is 154 Å². The van der Waals surface area contributed by atoms with Crippen molar-refractivity contribution in [1.82, 2.24) is 14.9 Å². The van der Waals surface area contributed by atoms with E-state index in [-0.39, 0.29) is 12.5 Å². The van der Waals surface area contributed by atoms with Gasteiger partial charge in [-0.25, -0.2) is 4.98 Å². The Balaban J connectivity index is 1.61. The summed E-state index contributed by atoms with van der Waals surface area (Å²) in [6.07, 6.45) is 0. The molecule has 26 heavy (non-hydrogen) atoms. The number of amides is 1. The molecule has 2 aromatic carbocycles. The van der Waals surface area contributed by atoms with Crippen LogP contribution in [0.1, 0.15) is 36.7 Å². The lowest BCUT2D eigenvalue weighted by Gasteiger charge is -2.17. The Bertz CT molecular complexity index is 882. The maximum Gasteiger partial charge on any atom is 0.260 e. The summed E-state index contributed by atoms with van der Waals surface area (Å²) in [5, 5.41) is 0. The van der Waals surface area contributed by atoms with E-state index >= 15 is 0 Å². The molecule has 5 heteroatoms. The van der Waals surface area contributed by atoms with Gasteiger partial charge in [-0.3, -0.25) is 4.79 Å². The lowest BCUT2D eigenvalue weighted by Crippen LogP contribution is -2.31. The highest BCUT2D eigenvalue weighted by atomic mass is 16.5. The van der Waals surface area contributed by atoms with Crippen molar-refractivity contribution >= 4 is 16.9 Å². The molecule has 0 saturated heterocycles. The van der Waals surface area contributed by atoms with E-state index in [0.29, 0.717) is 12.5 Å². The van der Waals surface area contributed by atoms with Crippen LogP contribution in [0.5, 0.6) is 5.75 Å². The molecule has 1 N–H and O–H groups in total. The molecule has 0 atom stereocenters. The van der Waals surface area contributed by atoms with E-state index < -0.39 is 0 Å². The molecule has 0 bridgehead atoms. The number of rotatable bonds is 6. The predicted molar refractivity (Wildman–Crippen MR) is 103 cm³/mol. The van der Waals surface area contributed by atoms with Crippen LogP contribution in [0.3, 0.4) is 0 Å². The van der Waals surface area contributed by atoms with E-state index in [1.807, 2.05) is 43.3 Å². The lowest BCUT2D eigenvalue weighted by atomic mass is 10.0. The van der Waals surface area contributed by atoms with Gasteiger partial charge >= 0.3 is 0 Å². The van der Waals surface area contributed by atoms with Crippen LogP contribution in [0.2, 0.25) is 0 Å². The van der Waals surface area contributed by atoms with Crippen LogP contribution in [0, 0.1) is 6.92 Å². The number of hydrogen-bond donors (Lipinski definition) is 1. The second kappa shape index (κ2) is 7.60. The molecule has 1 amide bonds. The van der Waals surface area contributed by atoms with Gasteiger partial charge in [-0.15, -0.1) is 0 Å². The first kappa shape index (κ1) is 18.0. The Morgan fingerprint density at radius 3 is 2.73 bits per heavy atom.